The van der Waals surface area contributed by atoms with Crippen molar-refractivity contribution in [3.63, 3.8) is 0 Å². The molecule has 2 aromatic rings. The van der Waals surface area contributed by atoms with Gasteiger partial charge in [0.05, 0.1) is 24.0 Å². The van der Waals surface area contributed by atoms with E-state index in [1.165, 1.54) is 19.2 Å². The quantitative estimate of drug-likeness (QED) is 0.753. The lowest BCUT2D eigenvalue weighted by Gasteiger charge is -2.29. The molecular weight excluding hydrogens is 394 g/mol. The summed E-state index contributed by atoms with van der Waals surface area (Å²) >= 11 is 0. The van der Waals surface area contributed by atoms with Crippen LogP contribution in [0.1, 0.15) is 41.0 Å². The summed E-state index contributed by atoms with van der Waals surface area (Å²) in [6.07, 6.45) is 0.804. The van der Waals surface area contributed by atoms with Crippen LogP contribution in [0.15, 0.2) is 51.8 Å². The van der Waals surface area contributed by atoms with Crippen LogP contribution in [0.3, 0.4) is 0 Å². The van der Waals surface area contributed by atoms with Gasteiger partial charge in [-0.15, -0.1) is 4.40 Å². The van der Waals surface area contributed by atoms with E-state index in [4.69, 9.17) is 4.74 Å². The number of methoxy groups -OCH3 is 1. The predicted molar refractivity (Wildman–Crippen MR) is 110 cm³/mol. The van der Waals surface area contributed by atoms with Crippen molar-refractivity contribution in [3.8, 4) is 0 Å². The molecule has 0 saturated carbocycles. The molecule has 0 atom stereocenters. The average molecular weight is 415 g/mol. The van der Waals surface area contributed by atoms with E-state index < -0.39 is 21.9 Å². The minimum Gasteiger partial charge on any atom is -0.465 e. The number of amidine groups is 1. The Kier molecular flexibility index (Phi) is 5.69. The zero-order valence-corrected chi connectivity index (χ0v) is 17.1. The Morgan fingerprint density at radius 3 is 2.59 bits per heavy atom. The van der Waals surface area contributed by atoms with Crippen LogP contribution in [0.4, 0.5) is 11.4 Å². The predicted octanol–water partition coefficient (Wildman–Crippen LogP) is 3.06. The molecule has 3 rings (SSSR count). The van der Waals surface area contributed by atoms with Crippen LogP contribution in [-0.4, -0.2) is 39.8 Å². The van der Waals surface area contributed by atoms with E-state index in [0.717, 1.165) is 6.42 Å². The minimum absolute atomic E-state index is 0.0227. The molecule has 0 radical (unpaired) electrons. The van der Waals surface area contributed by atoms with Gasteiger partial charge in [0.25, 0.3) is 15.9 Å². The van der Waals surface area contributed by atoms with Crippen molar-refractivity contribution in [1.29, 1.82) is 0 Å². The molecule has 2 aromatic carbocycles. The highest BCUT2D eigenvalue weighted by Crippen LogP contribution is 2.33. The molecule has 152 valence electrons. The number of rotatable bonds is 5. The summed E-state index contributed by atoms with van der Waals surface area (Å²) in [5, 5.41) is 2.64. The first-order chi connectivity index (χ1) is 13.8. The molecule has 1 N–H and O–H groups in total. The third-order valence-electron chi connectivity index (χ3n) is 4.46. The van der Waals surface area contributed by atoms with Gasteiger partial charge in [0.1, 0.15) is 10.7 Å². The van der Waals surface area contributed by atoms with Gasteiger partial charge in [0.2, 0.25) is 0 Å². The highest BCUT2D eigenvalue weighted by molar-refractivity contribution is 7.90. The molecule has 0 saturated heterocycles. The molecule has 29 heavy (non-hydrogen) atoms. The number of amides is 1. The van der Waals surface area contributed by atoms with E-state index in [9.17, 15) is 18.0 Å². The molecule has 0 aromatic heterocycles. The van der Waals surface area contributed by atoms with Crippen LogP contribution in [0, 0.1) is 0 Å². The van der Waals surface area contributed by atoms with Crippen LogP contribution in [-0.2, 0) is 14.8 Å². The Morgan fingerprint density at radius 1 is 1.17 bits per heavy atom. The number of para-hydroxylation sites is 1. The van der Waals surface area contributed by atoms with Gasteiger partial charge in [-0.2, -0.15) is 8.42 Å². The monoisotopic (exact) mass is 415 g/mol. The molecule has 1 heterocycles. The van der Waals surface area contributed by atoms with Gasteiger partial charge in [-0.3, -0.25) is 4.79 Å². The van der Waals surface area contributed by atoms with E-state index in [2.05, 4.69) is 9.71 Å². The molecule has 1 amide bonds. The van der Waals surface area contributed by atoms with Crippen LogP contribution in [0.25, 0.3) is 0 Å². The second kappa shape index (κ2) is 8.04. The number of nitrogens with zero attached hydrogens (tertiary/aromatic N) is 2. The van der Waals surface area contributed by atoms with Crippen LogP contribution >= 0.6 is 0 Å². The largest absolute Gasteiger partial charge is 0.465 e. The summed E-state index contributed by atoms with van der Waals surface area (Å²) in [6.45, 7) is 4.23. The van der Waals surface area contributed by atoms with E-state index in [1.54, 1.807) is 37.3 Å². The number of hydrogen-bond donors (Lipinski definition) is 1. The third kappa shape index (κ3) is 4.00. The number of esters is 1. The van der Waals surface area contributed by atoms with Gasteiger partial charge < -0.3 is 15.0 Å². The number of nitrogens with one attached hydrogen (secondary N) is 1. The van der Waals surface area contributed by atoms with Crippen molar-refractivity contribution in [3.05, 3.63) is 53.6 Å². The zero-order chi connectivity index (χ0) is 21.2. The maximum absolute atomic E-state index is 12.7. The van der Waals surface area contributed by atoms with E-state index in [1.807, 2.05) is 11.8 Å². The molecule has 8 nitrogen and oxygen atoms in total. The van der Waals surface area contributed by atoms with Crippen LogP contribution in [0.2, 0.25) is 0 Å². The molecule has 0 unspecified atom stereocenters. The lowest BCUT2D eigenvalue weighted by molar-refractivity contribution is 0.0602. The number of anilines is 2. The van der Waals surface area contributed by atoms with Crippen molar-refractivity contribution < 1.29 is 22.7 Å². The number of benzene rings is 2. The first-order valence-electron chi connectivity index (χ1n) is 9.00. The fourth-order valence-corrected chi connectivity index (χ4v) is 4.38. The molecule has 0 fully saturated rings. The van der Waals surface area contributed by atoms with Gasteiger partial charge in [-0.25, -0.2) is 4.79 Å². The Balaban J connectivity index is 1.97. The Morgan fingerprint density at radius 2 is 1.90 bits per heavy atom. The van der Waals surface area contributed by atoms with Gasteiger partial charge in [0.15, 0.2) is 0 Å². The molecule has 1 aliphatic rings. The lowest BCUT2D eigenvalue weighted by atomic mass is 10.1. The number of fused-ring (bicyclic) bond motifs is 1. The number of sulfonamides is 1. The van der Waals surface area contributed by atoms with Crippen molar-refractivity contribution >= 4 is 39.1 Å². The Bertz CT molecular complexity index is 1110. The fraction of sp³-hybridized carbons (Fsp3) is 0.250. The zero-order valence-electron chi connectivity index (χ0n) is 16.3. The standard InChI is InChI=1S/C20H21N3O5S/c1-4-11-23-13(2)22-29(26,27)18-12-14(9-10-17(18)23)19(24)21-16-8-6-5-7-15(16)20(25)28-3/h5-10,12H,4,11H2,1-3H3,(H,21,24). The lowest BCUT2D eigenvalue weighted by Crippen LogP contribution is -2.34. The molecule has 0 spiro atoms. The second-order valence-corrected chi connectivity index (χ2v) is 8.01. The summed E-state index contributed by atoms with van der Waals surface area (Å²) in [5.41, 5.74) is 1.10. The normalized spacial score (nSPS) is 14.6. The molecule has 9 heteroatoms. The summed E-state index contributed by atoms with van der Waals surface area (Å²) < 4.78 is 33.6. The number of ether oxygens (including phenoxy) is 1. The highest BCUT2D eigenvalue weighted by atomic mass is 32.2. The molecule has 0 bridgehead atoms. The first kappa shape index (κ1) is 20.5. The highest BCUT2D eigenvalue weighted by Gasteiger charge is 2.29. The summed E-state index contributed by atoms with van der Waals surface area (Å²) in [7, 11) is -2.65. The summed E-state index contributed by atoms with van der Waals surface area (Å²) in [4.78, 5) is 26.4. The van der Waals surface area contributed by atoms with E-state index in [-0.39, 0.29) is 21.7 Å². The van der Waals surface area contributed by atoms with Crippen molar-refractivity contribution in [1.82, 2.24) is 0 Å². The van der Waals surface area contributed by atoms with Gasteiger partial charge in [-0.1, -0.05) is 19.1 Å². The van der Waals surface area contributed by atoms with Crippen LogP contribution in [0.5, 0.6) is 0 Å². The van der Waals surface area contributed by atoms with E-state index in [0.29, 0.717) is 18.1 Å². The minimum atomic E-state index is -3.90. The third-order valence-corrected chi connectivity index (χ3v) is 5.85. The maximum atomic E-state index is 12.7. The van der Waals surface area contributed by atoms with Crippen LogP contribution < -0.4 is 10.2 Å². The molecular formula is C20H21N3O5S. The van der Waals surface area contributed by atoms with Crippen molar-refractivity contribution in [2.45, 2.75) is 25.2 Å². The second-order valence-electron chi connectivity index (χ2n) is 6.44. The fourth-order valence-electron chi connectivity index (χ4n) is 3.11. The van der Waals surface area contributed by atoms with E-state index >= 15 is 0 Å². The Labute approximate surface area is 169 Å². The Hall–Kier alpha value is -3.20. The SMILES string of the molecule is CCCN1C(C)=NS(=O)(=O)c2cc(C(=O)Nc3ccccc3C(=O)OC)ccc21. The summed E-state index contributed by atoms with van der Waals surface area (Å²) in [6, 6.07) is 10.9. The van der Waals surface area contributed by atoms with Crippen molar-refractivity contribution in [2.75, 3.05) is 23.9 Å². The summed E-state index contributed by atoms with van der Waals surface area (Å²) in [5.74, 6) is -0.745. The topological polar surface area (TPSA) is 105 Å². The van der Waals surface area contributed by atoms with Gasteiger partial charge >= 0.3 is 5.97 Å². The maximum Gasteiger partial charge on any atom is 0.339 e. The number of carbonyl (C=O) groups excluding carboxylic acids is 2. The van der Waals surface area contributed by atoms with Crippen molar-refractivity contribution in [2.24, 2.45) is 4.40 Å². The molecule has 0 aliphatic carbocycles. The number of carbonyl (C=O) groups is 2. The van der Waals surface area contributed by atoms with Gasteiger partial charge in [0, 0.05) is 12.1 Å². The smallest absolute Gasteiger partial charge is 0.339 e. The molecule has 1 aliphatic heterocycles. The average Bonchev–Trinajstić information content (AvgIpc) is 2.70. The number of hydrogen-bond acceptors (Lipinski definition) is 6. The van der Waals surface area contributed by atoms with Gasteiger partial charge in [-0.05, 0) is 43.7 Å². The first-order valence-corrected chi connectivity index (χ1v) is 10.4.